The van der Waals surface area contributed by atoms with Gasteiger partial charge in [0.1, 0.15) is 13.2 Å². The highest BCUT2D eigenvalue weighted by molar-refractivity contribution is 7.47. The molecule has 0 saturated heterocycles. The summed E-state index contributed by atoms with van der Waals surface area (Å²) in [6.45, 7) is 4.75. The van der Waals surface area contributed by atoms with Crippen LogP contribution in [0.15, 0.2) is 60.8 Å². The summed E-state index contributed by atoms with van der Waals surface area (Å²) < 4.78 is 23.6. The third kappa shape index (κ3) is 44.3. The first kappa shape index (κ1) is 58.2. The van der Waals surface area contributed by atoms with E-state index in [9.17, 15) is 19.4 Å². The van der Waals surface area contributed by atoms with Crippen LogP contribution >= 0.6 is 7.82 Å². The van der Waals surface area contributed by atoms with Crippen LogP contribution < -0.4 is 5.32 Å². The SMILES string of the molecule is CCCCCC/C=C\C/C=C\CCCCCCCC(=O)NC(COP(=O)(O)OCC[N+](C)(C)C)C(O)/C=C/CC/C=C/CC/C=C/CCCCCCCCCCCCCC. The van der Waals surface area contributed by atoms with Gasteiger partial charge in [-0.2, -0.15) is 0 Å². The second kappa shape index (κ2) is 42.5. The standard InChI is InChI=1S/C51H95N2O6P/c1-6-8-10-12-14-16-18-20-22-24-25-26-27-28-29-30-32-34-36-38-40-42-44-50(54)49(48-59-60(56,57)58-47-46-53(3,4)5)52-51(55)45-43-41-39-37-35-33-31-23-21-19-17-15-13-11-9-7-2/h17,19,23,28-29,31,34,36,42,44,49-50,54H,6-16,18,20-22,24-27,30,32-33,35,37-41,43,45-48H2,1-5H3,(H-,52,55,56,57)/p+1/b19-17-,29-28+,31-23-,36-34+,44-42+. The first-order valence-electron chi connectivity index (χ1n) is 24.7. The molecule has 0 aromatic rings. The van der Waals surface area contributed by atoms with Gasteiger partial charge in [0.05, 0.1) is 39.9 Å². The third-order valence-electron chi connectivity index (χ3n) is 10.7. The molecule has 0 bridgehead atoms. The predicted octanol–water partition coefficient (Wildman–Crippen LogP) is 14.2. The fraction of sp³-hybridized carbons (Fsp3) is 0.784. The molecule has 60 heavy (non-hydrogen) atoms. The Kier molecular flexibility index (Phi) is 41.2. The fourth-order valence-corrected chi connectivity index (χ4v) is 7.49. The number of allylic oxidation sites excluding steroid dienone is 9. The molecule has 0 aliphatic rings. The highest BCUT2D eigenvalue weighted by Crippen LogP contribution is 2.43. The molecule has 3 unspecified atom stereocenters. The molecule has 350 valence electrons. The number of unbranched alkanes of at least 4 members (excludes halogenated alkanes) is 23. The van der Waals surface area contributed by atoms with E-state index in [0.717, 1.165) is 70.6 Å². The van der Waals surface area contributed by atoms with Crippen molar-refractivity contribution in [2.45, 2.75) is 219 Å². The van der Waals surface area contributed by atoms with Gasteiger partial charge in [-0.05, 0) is 77.0 Å². The van der Waals surface area contributed by atoms with Gasteiger partial charge in [0, 0.05) is 6.42 Å². The Morgan fingerprint density at radius 1 is 0.567 bits per heavy atom. The average Bonchev–Trinajstić information content (AvgIpc) is 3.20. The molecule has 0 saturated carbocycles. The van der Waals surface area contributed by atoms with Gasteiger partial charge in [-0.3, -0.25) is 13.8 Å². The maximum Gasteiger partial charge on any atom is 0.472 e. The molecular formula is C51H96N2O6P+. The van der Waals surface area contributed by atoms with E-state index in [1.807, 2.05) is 27.2 Å². The minimum absolute atomic E-state index is 0.0485. The van der Waals surface area contributed by atoms with Crippen LogP contribution in [0, 0.1) is 0 Å². The monoisotopic (exact) mass is 864 g/mol. The summed E-state index contributed by atoms with van der Waals surface area (Å²) in [5.74, 6) is -0.206. The second-order valence-electron chi connectivity index (χ2n) is 17.8. The van der Waals surface area contributed by atoms with E-state index in [2.05, 4.69) is 67.8 Å². The van der Waals surface area contributed by atoms with Crippen LogP contribution in [0.5, 0.6) is 0 Å². The van der Waals surface area contributed by atoms with Crippen LogP contribution in [0.1, 0.15) is 206 Å². The molecule has 9 heteroatoms. The van der Waals surface area contributed by atoms with E-state index in [4.69, 9.17) is 9.05 Å². The number of nitrogens with zero attached hydrogens (tertiary/aromatic N) is 1. The molecule has 8 nitrogen and oxygen atoms in total. The number of aliphatic hydroxyl groups excluding tert-OH is 1. The smallest absolute Gasteiger partial charge is 0.387 e. The van der Waals surface area contributed by atoms with E-state index in [1.54, 1.807) is 6.08 Å². The summed E-state index contributed by atoms with van der Waals surface area (Å²) >= 11 is 0. The molecule has 1 amide bonds. The van der Waals surface area contributed by atoms with Gasteiger partial charge < -0.3 is 19.8 Å². The molecule has 0 radical (unpaired) electrons. The lowest BCUT2D eigenvalue weighted by Gasteiger charge is -2.25. The zero-order valence-electron chi connectivity index (χ0n) is 39.7. The lowest BCUT2D eigenvalue weighted by atomic mass is 10.0. The lowest BCUT2D eigenvalue weighted by molar-refractivity contribution is -0.870. The molecule has 0 spiro atoms. The summed E-state index contributed by atoms with van der Waals surface area (Å²) in [6.07, 6.45) is 55.9. The molecule has 0 heterocycles. The van der Waals surface area contributed by atoms with Crippen LogP contribution in [0.25, 0.3) is 0 Å². The average molecular weight is 864 g/mol. The number of carbonyl (C=O) groups is 1. The van der Waals surface area contributed by atoms with E-state index < -0.39 is 20.0 Å². The van der Waals surface area contributed by atoms with Crippen molar-refractivity contribution >= 4 is 13.7 Å². The summed E-state index contributed by atoms with van der Waals surface area (Å²) in [7, 11) is 1.53. The molecule has 0 aliphatic carbocycles. The van der Waals surface area contributed by atoms with Gasteiger partial charge >= 0.3 is 7.82 Å². The van der Waals surface area contributed by atoms with Crippen LogP contribution in [0.4, 0.5) is 0 Å². The van der Waals surface area contributed by atoms with Gasteiger partial charge in [-0.15, -0.1) is 0 Å². The highest BCUT2D eigenvalue weighted by atomic mass is 31.2. The lowest BCUT2D eigenvalue weighted by Crippen LogP contribution is -2.45. The molecule has 0 rings (SSSR count). The molecule has 0 aromatic heterocycles. The Morgan fingerprint density at radius 2 is 0.967 bits per heavy atom. The maximum atomic E-state index is 12.9. The Hall–Kier alpha value is -1.80. The number of quaternary nitrogens is 1. The first-order chi connectivity index (χ1) is 29.0. The molecule has 0 fully saturated rings. The molecule has 0 aromatic carbocycles. The van der Waals surface area contributed by atoms with Crippen molar-refractivity contribution in [3.05, 3.63) is 60.8 Å². The van der Waals surface area contributed by atoms with Crippen LogP contribution in [0.2, 0.25) is 0 Å². The van der Waals surface area contributed by atoms with Crippen molar-refractivity contribution in [3.63, 3.8) is 0 Å². The van der Waals surface area contributed by atoms with Crippen LogP contribution in [0.3, 0.4) is 0 Å². The molecule has 3 N–H and O–H groups in total. The van der Waals surface area contributed by atoms with Crippen molar-refractivity contribution in [2.75, 3.05) is 40.9 Å². The Bertz CT molecular complexity index is 1160. The van der Waals surface area contributed by atoms with Gasteiger partial charge in [0.25, 0.3) is 0 Å². The normalized spacial score (nSPS) is 14.7. The van der Waals surface area contributed by atoms with Crippen LogP contribution in [-0.2, 0) is 18.4 Å². The third-order valence-corrected chi connectivity index (χ3v) is 11.7. The van der Waals surface area contributed by atoms with Crippen molar-refractivity contribution < 1.29 is 32.9 Å². The number of aliphatic hydroxyl groups is 1. The van der Waals surface area contributed by atoms with Gasteiger partial charge in [-0.1, -0.05) is 184 Å². The van der Waals surface area contributed by atoms with Gasteiger partial charge in [0.15, 0.2) is 0 Å². The summed E-state index contributed by atoms with van der Waals surface area (Å²) in [4.78, 5) is 23.2. The summed E-state index contributed by atoms with van der Waals surface area (Å²) in [5, 5.41) is 13.8. The number of phosphoric ester groups is 1. The van der Waals surface area contributed by atoms with Gasteiger partial charge in [-0.25, -0.2) is 4.57 Å². The van der Waals surface area contributed by atoms with E-state index in [-0.39, 0.29) is 19.1 Å². The van der Waals surface area contributed by atoms with Crippen molar-refractivity contribution in [2.24, 2.45) is 0 Å². The Labute approximate surface area is 371 Å². The number of hydrogen-bond acceptors (Lipinski definition) is 5. The first-order valence-corrected chi connectivity index (χ1v) is 26.2. The number of nitrogens with one attached hydrogen (secondary N) is 1. The topological polar surface area (TPSA) is 105 Å². The Balaban J connectivity index is 4.45. The van der Waals surface area contributed by atoms with Gasteiger partial charge in [0.2, 0.25) is 5.91 Å². The number of likely N-dealkylation sites (N-methyl/N-ethyl adjacent to an activating group) is 1. The zero-order valence-corrected chi connectivity index (χ0v) is 40.6. The largest absolute Gasteiger partial charge is 0.472 e. The maximum absolute atomic E-state index is 12.9. The number of carbonyl (C=O) groups excluding carboxylic acids is 1. The predicted molar refractivity (Wildman–Crippen MR) is 258 cm³/mol. The van der Waals surface area contributed by atoms with Crippen molar-refractivity contribution in [1.82, 2.24) is 5.32 Å². The minimum atomic E-state index is -4.36. The summed E-state index contributed by atoms with van der Waals surface area (Å²) in [6, 6.07) is -0.879. The van der Waals surface area contributed by atoms with Crippen molar-refractivity contribution in [3.8, 4) is 0 Å². The van der Waals surface area contributed by atoms with Crippen molar-refractivity contribution in [1.29, 1.82) is 0 Å². The van der Waals surface area contributed by atoms with E-state index >= 15 is 0 Å². The number of rotatable bonds is 44. The quantitative estimate of drug-likeness (QED) is 0.0244. The Morgan fingerprint density at radius 3 is 1.45 bits per heavy atom. The molecular weight excluding hydrogens is 768 g/mol. The zero-order chi connectivity index (χ0) is 44.3. The van der Waals surface area contributed by atoms with E-state index in [0.29, 0.717) is 17.4 Å². The van der Waals surface area contributed by atoms with Crippen LogP contribution in [-0.4, -0.2) is 73.4 Å². The second-order valence-corrected chi connectivity index (χ2v) is 19.3. The highest BCUT2D eigenvalue weighted by Gasteiger charge is 2.27. The fourth-order valence-electron chi connectivity index (χ4n) is 6.75. The number of phosphoric acid groups is 1. The molecule has 3 atom stereocenters. The molecule has 0 aliphatic heterocycles. The minimum Gasteiger partial charge on any atom is -0.387 e. The number of amides is 1. The van der Waals surface area contributed by atoms with E-state index in [1.165, 1.54) is 116 Å². The summed E-state index contributed by atoms with van der Waals surface area (Å²) in [5.41, 5.74) is 0. The number of hydrogen-bond donors (Lipinski definition) is 3.